The first-order chi connectivity index (χ1) is 22.8. The van der Waals surface area contributed by atoms with Crippen molar-refractivity contribution in [3.8, 4) is 0 Å². The number of allylic oxidation sites excluding steroid dienone is 3. The number of likely N-dealkylation sites (tertiary alicyclic amines) is 1. The van der Waals surface area contributed by atoms with Gasteiger partial charge in [-0.1, -0.05) is 43.1 Å². The lowest BCUT2D eigenvalue weighted by molar-refractivity contribution is -0.149. The van der Waals surface area contributed by atoms with E-state index < -0.39 is 31.6 Å². The summed E-state index contributed by atoms with van der Waals surface area (Å²) < 4.78 is 23.3. The first-order valence-electron chi connectivity index (χ1n) is 18.1. The number of carbonyl (C=O) groups is 3. The number of nitrogens with zero attached hydrogens (tertiary/aromatic N) is 3. The van der Waals surface area contributed by atoms with E-state index in [1.807, 2.05) is 30.0 Å². The molecule has 10 heteroatoms. The Kier molecular flexibility index (Phi) is 11.4. The summed E-state index contributed by atoms with van der Waals surface area (Å²) in [5.74, 6) is -0.863. The van der Waals surface area contributed by atoms with E-state index in [-0.39, 0.29) is 36.8 Å². The van der Waals surface area contributed by atoms with E-state index in [4.69, 9.17) is 4.74 Å². The second kappa shape index (κ2) is 15.0. The predicted molar refractivity (Wildman–Crippen MR) is 191 cm³/mol. The molecule has 8 nitrogen and oxygen atoms in total. The highest BCUT2D eigenvalue weighted by Gasteiger charge is 2.67. The molecule has 0 saturated carbocycles. The number of aliphatic hydroxyl groups excluding tert-OH is 1. The van der Waals surface area contributed by atoms with Crippen molar-refractivity contribution in [3.05, 3.63) is 47.1 Å². The molecule has 48 heavy (non-hydrogen) atoms. The van der Waals surface area contributed by atoms with Crippen LogP contribution in [0.4, 0.5) is 15.5 Å². The highest BCUT2D eigenvalue weighted by molar-refractivity contribution is 6.72. The molecule has 4 aliphatic rings. The third-order valence-corrected chi connectivity index (χ3v) is 13.5. The van der Waals surface area contributed by atoms with E-state index in [0.29, 0.717) is 37.3 Å². The summed E-state index contributed by atoms with van der Waals surface area (Å²) in [4.78, 5) is 47.2. The van der Waals surface area contributed by atoms with Crippen LogP contribution in [0.5, 0.6) is 0 Å². The van der Waals surface area contributed by atoms with Crippen molar-refractivity contribution in [2.24, 2.45) is 5.92 Å². The lowest BCUT2D eigenvalue weighted by Crippen LogP contribution is -2.45. The molecule has 1 spiro atoms. The largest absolute Gasteiger partial charge is 0.394 e. The monoisotopic (exact) mass is 681 g/mol. The predicted octanol–water partition coefficient (Wildman–Crippen LogP) is 7.17. The number of hydrogen-bond acceptors (Lipinski definition) is 5. The summed E-state index contributed by atoms with van der Waals surface area (Å²) in [6, 6.07) is 5.55. The molecule has 1 aromatic carbocycles. The maximum atomic E-state index is 16.4. The van der Waals surface area contributed by atoms with Crippen LogP contribution in [-0.2, 0) is 24.7 Å². The minimum atomic E-state index is -3.48. The zero-order chi connectivity index (χ0) is 34.8. The van der Waals surface area contributed by atoms with Gasteiger partial charge in [0.15, 0.2) is 5.60 Å². The van der Waals surface area contributed by atoms with Crippen LogP contribution in [0, 0.1) is 5.92 Å². The van der Waals surface area contributed by atoms with Crippen molar-refractivity contribution in [2.45, 2.75) is 128 Å². The third kappa shape index (κ3) is 7.21. The molecule has 1 N–H and O–H groups in total. The van der Waals surface area contributed by atoms with Crippen LogP contribution in [0.2, 0.25) is 18.6 Å². The van der Waals surface area contributed by atoms with E-state index in [1.54, 1.807) is 22.9 Å². The van der Waals surface area contributed by atoms with Crippen LogP contribution in [0.1, 0.15) is 97.5 Å². The fourth-order valence-corrected chi connectivity index (χ4v) is 11.1. The molecule has 3 fully saturated rings. The van der Waals surface area contributed by atoms with Crippen LogP contribution in [0.15, 0.2) is 41.5 Å². The number of rotatable bonds is 10. The number of carbonyl (C=O) groups excluding carboxylic acids is 3. The number of amides is 3. The number of ether oxygens (including phenoxy) is 1. The fraction of sp³-hybridized carbons (Fsp3) is 0.658. The highest BCUT2D eigenvalue weighted by Crippen LogP contribution is 2.60. The van der Waals surface area contributed by atoms with Crippen molar-refractivity contribution >= 4 is 37.5 Å². The van der Waals surface area contributed by atoms with Crippen LogP contribution >= 0.6 is 0 Å². The lowest BCUT2D eigenvalue weighted by Gasteiger charge is -2.32. The van der Waals surface area contributed by atoms with Gasteiger partial charge in [0.25, 0.3) is 5.91 Å². The molecule has 0 aliphatic carbocycles. The minimum absolute atomic E-state index is 0.0378. The average molecular weight is 682 g/mol. The Morgan fingerprint density at radius 2 is 1.83 bits per heavy atom. The molecule has 5 atom stereocenters. The average Bonchev–Trinajstić information content (AvgIpc) is 3.67. The Bertz CT molecular complexity index is 1440. The molecule has 1 aromatic rings. The second-order valence-electron chi connectivity index (χ2n) is 15.2. The molecule has 4 aliphatic heterocycles. The molecular weight excluding hydrogens is 626 g/mol. The second-order valence-corrected chi connectivity index (χ2v) is 19.0. The molecule has 3 saturated heterocycles. The van der Waals surface area contributed by atoms with Gasteiger partial charge in [0.1, 0.15) is 0 Å². The molecule has 264 valence electrons. The van der Waals surface area contributed by atoms with E-state index in [0.717, 1.165) is 57.1 Å². The topological polar surface area (TPSA) is 90.4 Å². The van der Waals surface area contributed by atoms with E-state index in [1.165, 1.54) is 11.1 Å². The van der Waals surface area contributed by atoms with Gasteiger partial charge in [0.05, 0.1) is 30.9 Å². The number of hydrogen-bond donors (Lipinski definition) is 1. The van der Waals surface area contributed by atoms with Gasteiger partial charge < -0.3 is 28.7 Å². The van der Waals surface area contributed by atoms with Gasteiger partial charge in [-0.05, 0) is 90.6 Å². The number of benzene rings is 1. The lowest BCUT2D eigenvalue weighted by atomic mass is 9.82. The Labute approximate surface area is 287 Å². The highest BCUT2D eigenvalue weighted by atomic mass is 28.4. The maximum Gasteiger partial charge on any atom is 0.264 e. The van der Waals surface area contributed by atoms with Crippen molar-refractivity contribution < 1.29 is 28.3 Å². The number of halogens is 1. The molecule has 0 unspecified atom stereocenters. The van der Waals surface area contributed by atoms with Gasteiger partial charge in [-0.15, -0.1) is 0 Å². The van der Waals surface area contributed by atoms with E-state index >= 15 is 4.11 Å². The molecule has 0 bridgehead atoms. The van der Waals surface area contributed by atoms with Crippen molar-refractivity contribution in [3.63, 3.8) is 0 Å². The van der Waals surface area contributed by atoms with Gasteiger partial charge in [0, 0.05) is 48.8 Å². The van der Waals surface area contributed by atoms with Crippen LogP contribution in [0.3, 0.4) is 0 Å². The summed E-state index contributed by atoms with van der Waals surface area (Å²) in [6.07, 6.45) is 11.2. The molecular formula is C38H56FN3O5Si. The van der Waals surface area contributed by atoms with Crippen molar-refractivity contribution in [2.75, 3.05) is 36.0 Å². The summed E-state index contributed by atoms with van der Waals surface area (Å²) in [5.41, 5.74) is 2.47. The zero-order valence-corrected chi connectivity index (χ0v) is 30.9. The molecule has 0 aromatic heterocycles. The Morgan fingerprint density at radius 3 is 2.54 bits per heavy atom. The third-order valence-electron chi connectivity index (χ3n) is 11.1. The smallest absolute Gasteiger partial charge is 0.264 e. The first-order valence-corrected chi connectivity index (χ1v) is 21.1. The number of fused-ring (bicyclic) bond motifs is 2. The van der Waals surface area contributed by atoms with Gasteiger partial charge in [0.2, 0.25) is 20.2 Å². The fourth-order valence-electron chi connectivity index (χ4n) is 8.60. The van der Waals surface area contributed by atoms with E-state index in [9.17, 15) is 19.5 Å². The van der Waals surface area contributed by atoms with E-state index in [2.05, 4.69) is 32.9 Å². The zero-order valence-electron chi connectivity index (χ0n) is 29.9. The molecule has 3 amide bonds. The van der Waals surface area contributed by atoms with Gasteiger partial charge in [-0.3, -0.25) is 14.4 Å². The van der Waals surface area contributed by atoms with Gasteiger partial charge >= 0.3 is 0 Å². The molecule has 4 heterocycles. The quantitative estimate of drug-likeness (QED) is 0.161. The normalized spacial score (nSPS) is 28.2. The summed E-state index contributed by atoms with van der Waals surface area (Å²) >= 11 is 0. The number of anilines is 2. The van der Waals surface area contributed by atoms with Gasteiger partial charge in [-0.2, -0.15) is 0 Å². The van der Waals surface area contributed by atoms with Gasteiger partial charge in [-0.25, -0.2) is 0 Å². The van der Waals surface area contributed by atoms with Crippen LogP contribution in [0.25, 0.3) is 0 Å². The SMILES string of the molecule is CC(C)=CCC/C(C)=C/CN1C(=O)[C@@]2(O[C@@H](CC(=O)N3CCC[C@H]3CO)[C@H]([Si](C)(C)F)[C@H]2C)c2cc(N3CCCCCCC3=O)ccc21. The first kappa shape index (κ1) is 36.5. The standard InChI is InChI=1S/C38H56FN3O5Si/c1-26(2)13-11-14-27(3)19-22-42-32-18-17-29(40-20-10-8-7-9-16-34(40)44)23-31(32)38(37(42)46)28(4)36(48(5,6)39)33(47-38)24-35(45)41-21-12-15-30(41)25-43/h13,17-19,23,28,30,33,36,43H,7-12,14-16,20-22,24-25H2,1-6H3/b27-19+/t28-,30+,33+,36-,38+/m1/s1. The molecule has 0 radical (unpaired) electrons. The minimum Gasteiger partial charge on any atom is -0.394 e. The summed E-state index contributed by atoms with van der Waals surface area (Å²) in [5, 5.41) is 9.89. The summed E-state index contributed by atoms with van der Waals surface area (Å²) in [6.45, 7) is 12.9. The van der Waals surface area contributed by atoms with Crippen LogP contribution in [-0.4, -0.2) is 74.5 Å². The van der Waals surface area contributed by atoms with Crippen LogP contribution < -0.4 is 9.80 Å². The van der Waals surface area contributed by atoms with Crippen molar-refractivity contribution in [1.29, 1.82) is 0 Å². The maximum absolute atomic E-state index is 16.4. The summed E-state index contributed by atoms with van der Waals surface area (Å²) in [7, 11) is -3.48. The Hall–Kier alpha value is -2.82. The Morgan fingerprint density at radius 1 is 1.08 bits per heavy atom. The van der Waals surface area contributed by atoms with Crippen molar-refractivity contribution in [1.82, 2.24) is 4.90 Å². The number of aliphatic hydroxyl groups is 1. The Balaban J connectivity index is 1.55. The molecule has 5 rings (SSSR count).